The van der Waals surface area contributed by atoms with E-state index in [0.717, 1.165) is 0 Å². The summed E-state index contributed by atoms with van der Waals surface area (Å²) < 4.78 is 51.4. The third kappa shape index (κ3) is 4.08. The summed E-state index contributed by atoms with van der Waals surface area (Å²) >= 11 is 0. The fourth-order valence-electron chi connectivity index (χ4n) is 3.77. The molecule has 1 aliphatic rings. The molecule has 1 fully saturated rings. The van der Waals surface area contributed by atoms with Crippen molar-refractivity contribution in [2.45, 2.75) is 9.92 Å². The standard InChI is InChI=1S/C24H20FN3O5S/c25-18-10-8-17(9-11-18)21-26-22(34(30,31)19-5-2-1-3-6-19)24(33-21)28-14-12-27(13-15-28)23(29)20-7-4-16-32-20/h1-11,16H,12-15H2. The van der Waals surface area contributed by atoms with E-state index >= 15 is 0 Å². The van der Waals surface area contributed by atoms with Crippen molar-refractivity contribution in [3.05, 3.63) is 84.6 Å². The first-order valence-corrected chi connectivity index (χ1v) is 12.1. The molecule has 0 bridgehead atoms. The van der Waals surface area contributed by atoms with Crippen LogP contribution in [0.3, 0.4) is 0 Å². The van der Waals surface area contributed by atoms with Crippen molar-refractivity contribution >= 4 is 21.6 Å². The highest BCUT2D eigenvalue weighted by Gasteiger charge is 2.33. The summed E-state index contributed by atoms with van der Waals surface area (Å²) in [5.41, 5.74) is 0.448. The number of anilines is 1. The SMILES string of the molecule is O=C(c1ccco1)N1CCN(c2oc(-c3ccc(F)cc3)nc2S(=O)(=O)c2ccccc2)CC1. The van der Waals surface area contributed by atoms with Gasteiger partial charge in [0, 0.05) is 31.7 Å². The van der Waals surface area contributed by atoms with Gasteiger partial charge in [-0.25, -0.2) is 12.8 Å². The zero-order valence-electron chi connectivity index (χ0n) is 17.9. The zero-order chi connectivity index (χ0) is 23.7. The van der Waals surface area contributed by atoms with Crippen molar-refractivity contribution < 1.29 is 26.4 Å². The lowest BCUT2D eigenvalue weighted by molar-refractivity contribution is 0.0713. The van der Waals surface area contributed by atoms with Crippen LogP contribution >= 0.6 is 0 Å². The fraction of sp³-hybridized carbons (Fsp3) is 0.167. The molecule has 1 amide bonds. The Labute approximate surface area is 195 Å². The topological polar surface area (TPSA) is 96.9 Å². The van der Waals surface area contributed by atoms with Crippen LogP contribution in [0.25, 0.3) is 11.5 Å². The van der Waals surface area contributed by atoms with Crippen molar-refractivity contribution in [3.8, 4) is 11.5 Å². The van der Waals surface area contributed by atoms with Gasteiger partial charge in [-0.05, 0) is 48.5 Å². The molecule has 0 atom stereocenters. The van der Waals surface area contributed by atoms with Gasteiger partial charge in [0.15, 0.2) is 5.76 Å². The van der Waals surface area contributed by atoms with Gasteiger partial charge in [-0.15, -0.1) is 0 Å². The van der Waals surface area contributed by atoms with Crippen molar-refractivity contribution in [3.63, 3.8) is 0 Å². The van der Waals surface area contributed by atoms with Gasteiger partial charge in [0.1, 0.15) is 5.82 Å². The van der Waals surface area contributed by atoms with Gasteiger partial charge in [0.2, 0.25) is 26.6 Å². The van der Waals surface area contributed by atoms with E-state index in [1.165, 1.54) is 42.7 Å². The Morgan fingerprint density at radius 3 is 2.26 bits per heavy atom. The molecule has 0 radical (unpaired) electrons. The normalized spacial score (nSPS) is 14.4. The maximum absolute atomic E-state index is 13.4. The predicted molar refractivity (Wildman–Crippen MR) is 121 cm³/mol. The molecular formula is C24H20FN3O5S. The molecule has 2 aromatic carbocycles. The number of amides is 1. The van der Waals surface area contributed by atoms with Crippen LogP contribution in [-0.4, -0.2) is 50.4 Å². The first-order chi connectivity index (χ1) is 16.4. The van der Waals surface area contributed by atoms with Crippen molar-refractivity contribution in [2.75, 3.05) is 31.1 Å². The second-order valence-electron chi connectivity index (χ2n) is 7.71. The van der Waals surface area contributed by atoms with Gasteiger partial charge in [0.25, 0.3) is 5.91 Å². The number of carbonyl (C=O) groups excluding carboxylic acids is 1. The van der Waals surface area contributed by atoms with E-state index in [0.29, 0.717) is 31.7 Å². The van der Waals surface area contributed by atoms with Crippen LogP contribution in [0.2, 0.25) is 0 Å². The number of carbonyl (C=O) groups is 1. The number of hydrogen-bond donors (Lipinski definition) is 0. The molecule has 3 heterocycles. The second kappa shape index (κ2) is 8.79. The summed E-state index contributed by atoms with van der Waals surface area (Å²) in [7, 11) is -4.00. The monoisotopic (exact) mass is 481 g/mol. The van der Waals surface area contributed by atoms with Crippen LogP contribution in [0.1, 0.15) is 10.6 Å². The van der Waals surface area contributed by atoms with E-state index in [4.69, 9.17) is 8.83 Å². The molecule has 5 rings (SSSR count). The van der Waals surface area contributed by atoms with Crippen molar-refractivity contribution in [1.82, 2.24) is 9.88 Å². The van der Waals surface area contributed by atoms with Crippen molar-refractivity contribution in [1.29, 1.82) is 0 Å². The largest absolute Gasteiger partial charge is 0.459 e. The maximum Gasteiger partial charge on any atom is 0.289 e. The number of sulfone groups is 1. The molecule has 1 aliphatic heterocycles. The van der Waals surface area contributed by atoms with Crippen LogP contribution in [-0.2, 0) is 9.84 Å². The van der Waals surface area contributed by atoms with E-state index < -0.39 is 15.7 Å². The average molecular weight is 482 g/mol. The van der Waals surface area contributed by atoms with Gasteiger partial charge < -0.3 is 18.6 Å². The van der Waals surface area contributed by atoms with E-state index in [-0.39, 0.29) is 33.4 Å². The number of hydrogen-bond acceptors (Lipinski definition) is 7. The smallest absolute Gasteiger partial charge is 0.289 e. The zero-order valence-corrected chi connectivity index (χ0v) is 18.7. The molecule has 1 saturated heterocycles. The molecule has 174 valence electrons. The van der Waals surface area contributed by atoms with Crippen LogP contribution in [0, 0.1) is 5.82 Å². The number of rotatable bonds is 5. The number of halogens is 1. The van der Waals surface area contributed by atoms with E-state index in [9.17, 15) is 17.6 Å². The summed E-state index contributed by atoms with van der Waals surface area (Å²) in [5, 5.41) is -0.219. The average Bonchev–Trinajstić information content (AvgIpc) is 3.56. The molecule has 0 N–H and O–H groups in total. The highest BCUT2D eigenvalue weighted by Crippen LogP contribution is 2.35. The lowest BCUT2D eigenvalue weighted by Gasteiger charge is -2.34. The number of nitrogens with zero attached hydrogens (tertiary/aromatic N) is 3. The maximum atomic E-state index is 13.4. The Hall–Kier alpha value is -3.92. The van der Waals surface area contributed by atoms with Crippen LogP contribution in [0.4, 0.5) is 10.3 Å². The highest BCUT2D eigenvalue weighted by atomic mass is 32.2. The molecule has 0 unspecified atom stereocenters. The summed E-state index contributed by atoms with van der Waals surface area (Å²) in [6, 6.07) is 16.7. The van der Waals surface area contributed by atoms with Crippen LogP contribution in [0.5, 0.6) is 0 Å². The number of piperazine rings is 1. The van der Waals surface area contributed by atoms with E-state index in [2.05, 4.69) is 4.98 Å². The Bertz CT molecular complexity index is 1390. The number of oxazole rings is 1. The van der Waals surface area contributed by atoms with Crippen LogP contribution < -0.4 is 4.90 Å². The minimum atomic E-state index is -4.00. The van der Waals surface area contributed by atoms with Gasteiger partial charge in [-0.1, -0.05) is 18.2 Å². The van der Waals surface area contributed by atoms with Gasteiger partial charge in [-0.3, -0.25) is 4.79 Å². The summed E-state index contributed by atoms with van der Waals surface area (Å²) in [6.45, 7) is 1.36. The molecule has 0 aliphatic carbocycles. The number of benzene rings is 2. The Balaban J connectivity index is 1.48. The molecule has 8 nitrogen and oxygen atoms in total. The van der Waals surface area contributed by atoms with E-state index in [1.807, 2.05) is 0 Å². The minimum Gasteiger partial charge on any atom is -0.459 e. The molecule has 0 saturated carbocycles. The quantitative estimate of drug-likeness (QED) is 0.427. The molecule has 2 aromatic heterocycles. The lowest BCUT2D eigenvalue weighted by Crippen LogP contribution is -2.49. The molecule has 4 aromatic rings. The highest BCUT2D eigenvalue weighted by molar-refractivity contribution is 7.91. The lowest BCUT2D eigenvalue weighted by atomic mass is 10.2. The predicted octanol–water partition coefficient (Wildman–Crippen LogP) is 3.87. The second-order valence-corrected chi connectivity index (χ2v) is 9.57. The molecule has 0 spiro atoms. The summed E-state index contributed by atoms with van der Waals surface area (Å²) in [4.78, 5) is 20.4. The van der Waals surface area contributed by atoms with Crippen LogP contribution in [0.15, 0.2) is 91.7 Å². The summed E-state index contributed by atoms with van der Waals surface area (Å²) in [5.74, 6) is -0.248. The summed E-state index contributed by atoms with van der Waals surface area (Å²) in [6.07, 6.45) is 1.44. The van der Waals surface area contributed by atoms with Crippen molar-refractivity contribution in [2.24, 2.45) is 0 Å². The first-order valence-electron chi connectivity index (χ1n) is 10.6. The Morgan fingerprint density at radius 1 is 0.912 bits per heavy atom. The first kappa shape index (κ1) is 21.9. The molecular weight excluding hydrogens is 461 g/mol. The minimum absolute atomic E-state index is 0.0681. The van der Waals surface area contributed by atoms with Gasteiger partial charge >= 0.3 is 0 Å². The number of furan rings is 1. The van der Waals surface area contributed by atoms with Gasteiger partial charge in [-0.2, -0.15) is 4.98 Å². The Kier molecular flexibility index (Phi) is 5.66. The van der Waals surface area contributed by atoms with Gasteiger partial charge in [0.05, 0.1) is 11.2 Å². The third-order valence-corrected chi connectivity index (χ3v) is 7.23. The fourth-order valence-corrected chi connectivity index (χ4v) is 5.11. The van der Waals surface area contributed by atoms with E-state index in [1.54, 1.807) is 40.1 Å². The number of aromatic nitrogens is 1. The molecule has 34 heavy (non-hydrogen) atoms. The third-order valence-electron chi connectivity index (χ3n) is 5.56. The Morgan fingerprint density at radius 2 is 1.62 bits per heavy atom. The molecule has 10 heteroatoms.